The number of imidazole rings is 1. The predicted molar refractivity (Wildman–Crippen MR) is 140 cm³/mol. The SMILES string of the molecule is COc1ccc(-c2nc3c(N)nc(C#CC4(O)CCCCC4)nc3n2C)c(-c2cccc(F)c2)c1.Cl. The first-order valence-electron chi connectivity index (χ1n) is 11.6. The largest absolute Gasteiger partial charge is 0.497 e. The van der Waals surface area contributed by atoms with E-state index >= 15 is 0 Å². The van der Waals surface area contributed by atoms with Gasteiger partial charge in [-0.1, -0.05) is 24.5 Å². The second-order valence-corrected chi connectivity index (χ2v) is 8.86. The van der Waals surface area contributed by atoms with Crippen molar-refractivity contribution in [2.45, 2.75) is 37.7 Å². The zero-order chi connectivity index (χ0) is 24.6. The van der Waals surface area contributed by atoms with Crippen LogP contribution in [0.15, 0.2) is 42.5 Å². The maximum atomic E-state index is 14.0. The zero-order valence-electron chi connectivity index (χ0n) is 20.1. The molecular formula is C27H27ClFN5O2. The lowest BCUT2D eigenvalue weighted by molar-refractivity contribution is 0.0610. The standard InChI is InChI=1S/C27H26FN5O2.ClH/c1-33-25(20-10-9-19(35-2)16-21(20)17-7-6-8-18(28)15-17)32-23-24(29)30-22(31-26(23)33)11-14-27(34)12-4-3-5-13-27;/h6-10,15-16,34H,3-5,12-13H2,1-2H3,(H2,29,30,31);1H. The number of methoxy groups -OCH3 is 1. The van der Waals surface area contributed by atoms with Crippen LogP contribution >= 0.6 is 12.4 Å². The number of nitrogens with two attached hydrogens (primary N) is 1. The summed E-state index contributed by atoms with van der Waals surface area (Å²) in [4.78, 5) is 13.6. The number of fused-ring (bicyclic) bond motifs is 1. The number of aromatic nitrogens is 4. The van der Waals surface area contributed by atoms with E-state index in [2.05, 4.69) is 21.8 Å². The zero-order valence-corrected chi connectivity index (χ0v) is 20.9. The van der Waals surface area contributed by atoms with E-state index < -0.39 is 5.60 Å². The van der Waals surface area contributed by atoms with Crippen LogP contribution < -0.4 is 10.5 Å². The highest BCUT2D eigenvalue weighted by Crippen LogP contribution is 2.36. The summed E-state index contributed by atoms with van der Waals surface area (Å²) in [7, 11) is 3.42. The number of halogens is 2. The van der Waals surface area contributed by atoms with Crippen LogP contribution in [-0.2, 0) is 7.05 Å². The molecule has 186 valence electrons. The molecule has 1 aliphatic rings. The van der Waals surface area contributed by atoms with Gasteiger partial charge in [-0.3, -0.25) is 0 Å². The number of aliphatic hydroxyl groups is 1. The van der Waals surface area contributed by atoms with E-state index in [0.717, 1.165) is 30.4 Å². The second kappa shape index (κ2) is 10.1. The molecule has 2 heterocycles. The van der Waals surface area contributed by atoms with E-state index in [9.17, 15) is 9.50 Å². The molecule has 7 nitrogen and oxygen atoms in total. The highest BCUT2D eigenvalue weighted by Gasteiger charge is 2.27. The number of nitrogen functional groups attached to an aromatic ring is 1. The molecule has 36 heavy (non-hydrogen) atoms. The Balaban J connectivity index is 0.00000304. The minimum atomic E-state index is -1.01. The first kappa shape index (κ1) is 25.4. The van der Waals surface area contributed by atoms with Crippen molar-refractivity contribution in [1.82, 2.24) is 19.5 Å². The van der Waals surface area contributed by atoms with Crippen molar-refractivity contribution in [3.05, 3.63) is 54.1 Å². The van der Waals surface area contributed by atoms with Crippen molar-refractivity contribution < 1.29 is 14.2 Å². The molecule has 0 unspecified atom stereocenters. The fourth-order valence-corrected chi connectivity index (χ4v) is 4.55. The molecule has 0 aliphatic heterocycles. The molecule has 5 rings (SSSR count). The van der Waals surface area contributed by atoms with Crippen LogP contribution in [0.4, 0.5) is 10.2 Å². The number of rotatable bonds is 3. The van der Waals surface area contributed by atoms with Crippen LogP contribution in [0.1, 0.15) is 37.9 Å². The minimum Gasteiger partial charge on any atom is -0.497 e. The lowest BCUT2D eigenvalue weighted by Crippen LogP contribution is -2.29. The van der Waals surface area contributed by atoms with Gasteiger partial charge in [-0.15, -0.1) is 12.4 Å². The topological polar surface area (TPSA) is 99.1 Å². The number of ether oxygens (including phenoxy) is 1. The van der Waals surface area contributed by atoms with Gasteiger partial charge in [-0.25, -0.2) is 19.3 Å². The van der Waals surface area contributed by atoms with Gasteiger partial charge in [0.05, 0.1) is 7.11 Å². The number of anilines is 1. The fourth-order valence-electron chi connectivity index (χ4n) is 4.55. The van der Waals surface area contributed by atoms with Gasteiger partial charge in [0.2, 0.25) is 5.82 Å². The number of hydrogen-bond donors (Lipinski definition) is 2. The fraction of sp³-hybridized carbons (Fsp3) is 0.296. The molecule has 0 radical (unpaired) electrons. The van der Waals surface area contributed by atoms with E-state index in [1.54, 1.807) is 13.2 Å². The summed E-state index contributed by atoms with van der Waals surface area (Å²) in [5.41, 5.74) is 8.42. The molecule has 0 bridgehead atoms. The molecular weight excluding hydrogens is 481 g/mol. The van der Waals surface area contributed by atoms with Crippen molar-refractivity contribution in [1.29, 1.82) is 0 Å². The third-order valence-electron chi connectivity index (χ3n) is 6.44. The number of nitrogens with zero attached hydrogens (tertiary/aromatic N) is 4. The molecule has 2 aromatic heterocycles. The first-order valence-corrected chi connectivity index (χ1v) is 11.6. The lowest BCUT2D eigenvalue weighted by Gasteiger charge is -2.26. The average Bonchev–Trinajstić information content (AvgIpc) is 3.19. The van der Waals surface area contributed by atoms with Gasteiger partial charge in [0, 0.05) is 12.6 Å². The molecule has 0 saturated heterocycles. The maximum Gasteiger partial charge on any atom is 0.209 e. The van der Waals surface area contributed by atoms with Crippen molar-refractivity contribution in [2.75, 3.05) is 12.8 Å². The Morgan fingerprint density at radius 3 is 2.56 bits per heavy atom. The van der Waals surface area contributed by atoms with Gasteiger partial charge in [0.15, 0.2) is 17.0 Å². The molecule has 2 aromatic carbocycles. The molecule has 1 saturated carbocycles. The molecule has 3 N–H and O–H groups in total. The molecule has 4 aromatic rings. The van der Waals surface area contributed by atoms with Gasteiger partial charge in [0.25, 0.3) is 0 Å². The number of hydrogen-bond acceptors (Lipinski definition) is 6. The van der Waals surface area contributed by atoms with Gasteiger partial charge in [0.1, 0.15) is 23.0 Å². The summed E-state index contributed by atoms with van der Waals surface area (Å²) in [6, 6.07) is 11.9. The Labute approximate surface area is 215 Å². The van der Waals surface area contributed by atoms with Crippen molar-refractivity contribution in [3.8, 4) is 40.1 Å². The molecule has 0 amide bonds. The van der Waals surface area contributed by atoms with Gasteiger partial charge >= 0.3 is 0 Å². The summed E-state index contributed by atoms with van der Waals surface area (Å²) in [5.74, 6) is 7.23. The lowest BCUT2D eigenvalue weighted by atomic mass is 9.85. The third kappa shape index (κ3) is 4.85. The molecule has 1 fully saturated rings. The van der Waals surface area contributed by atoms with Crippen LogP contribution in [0.5, 0.6) is 5.75 Å². The monoisotopic (exact) mass is 507 g/mol. The predicted octanol–water partition coefficient (Wildman–Crippen LogP) is 4.90. The van der Waals surface area contributed by atoms with Crippen molar-refractivity contribution in [3.63, 3.8) is 0 Å². The number of benzene rings is 2. The van der Waals surface area contributed by atoms with Crippen LogP contribution in [-0.4, -0.2) is 37.3 Å². The van der Waals surface area contributed by atoms with Crippen LogP contribution in [0, 0.1) is 17.7 Å². The average molecular weight is 508 g/mol. The maximum absolute atomic E-state index is 14.0. The molecule has 0 atom stereocenters. The van der Waals surface area contributed by atoms with E-state index in [1.807, 2.05) is 35.9 Å². The normalized spacial score (nSPS) is 14.6. The summed E-state index contributed by atoms with van der Waals surface area (Å²) in [5, 5.41) is 10.7. The summed E-state index contributed by atoms with van der Waals surface area (Å²) in [6.45, 7) is 0. The molecule has 0 spiro atoms. The highest BCUT2D eigenvalue weighted by atomic mass is 35.5. The Morgan fingerprint density at radius 2 is 1.83 bits per heavy atom. The van der Waals surface area contributed by atoms with Crippen LogP contribution in [0.25, 0.3) is 33.7 Å². The summed E-state index contributed by atoms with van der Waals surface area (Å²) >= 11 is 0. The quantitative estimate of drug-likeness (QED) is 0.383. The Kier molecular flexibility index (Phi) is 7.16. The van der Waals surface area contributed by atoms with Gasteiger partial charge < -0.3 is 20.1 Å². The Hall–Kier alpha value is -3.67. The third-order valence-corrected chi connectivity index (χ3v) is 6.44. The van der Waals surface area contributed by atoms with Gasteiger partial charge in [-0.2, -0.15) is 0 Å². The van der Waals surface area contributed by atoms with E-state index in [4.69, 9.17) is 15.5 Å². The Bertz CT molecular complexity index is 1490. The smallest absolute Gasteiger partial charge is 0.209 e. The van der Waals surface area contributed by atoms with Crippen molar-refractivity contribution >= 4 is 29.4 Å². The van der Waals surface area contributed by atoms with Crippen molar-refractivity contribution in [2.24, 2.45) is 7.05 Å². The molecule has 1 aliphatic carbocycles. The van der Waals surface area contributed by atoms with Crippen LogP contribution in [0.2, 0.25) is 0 Å². The second-order valence-electron chi connectivity index (χ2n) is 8.86. The number of aryl methyl sites for hydroxylation is 1. The van der Waals surface area contributed by atoms with E-state index in [0.29, 0.717) is 41.1 Å². The summed E-state index contributed by atoms with van der Waals surface area (Å²) in [6.07, 6.45) is 4.31. The van der Waals surface area contributed by atoms with Crippen LogP contribution in [0.3, 0.4) is 0 Å². The first-order chi connectivity index (χ1) is 16.9. The van der Waals surface area contributed by atoms with Gasteiger partial charge in [-0.05, 0) is 73.1 Å². The Morgan fingerprint density at radius 1 is 1.06 bits per heavy atom. The summed E-state index contributed by atoms with van der Waals surface area (Å²) < 4.78 is 21.3. The minimum absolute atomic E-state index is 0. The van der Waals surface area contributed by atoms with E-state index in [1.165, 1.54) is 12.1 Å². The molecule has 9 heteroatoms. The van der Waals surface area contributed by atoms with E-state index in [-0.39, 0.29) is 29.9 Å². The highest BCUT2D eigenvalue weighted by molar-refractivity contribution is 5.89.